The molecule has 0 unspecified atom stereocenters. The molecule has 0 bridgehead atoms. The molecule has 1 N–H and O–H groups in total. The average molecular weight is 454 g/mol. The summed E-state index contributed by atoms with van der Waals surface area (Å²) >= 11 is 0. The van der Waals surface area contributed by atoms with Gasteiger partial charge in [0.1, 0.15) is 11.6 Å². The molecule has 172 valence electrons. The van der Waals surface area contributed by atoms with E-state index in [1.165, 1.54) is 0 Å². The molecule has 0 spiro atoms. The van der Waals surface area contributed by atoms with Crippen LogP contribution in [0.3, 0.4) is 0 Å². The first kappa shape index (κ1) is 21.9. The number of likely N-dealkylation sites (N-methyl/N-ethyl adjacent to an activating group) is 1. The summed E-state index contributed by atoms with van der Waals surface area (Å²) in [5, 5.41) is 12.6. The monoisotopic (exact) mass is 453 g/mol. The van der Waals surface area contributed by atoms with Gasteiger partial charge in [0.05, 0.1) is 17.6 Å². The van der Waals surface area contributed by atoms with Crippen molar-refractivity contribution in [2.45, 2.75) is 6.42 Å². The van der Waals surface area contributed by atoms with Gasteiger partial charge in [0.15, 0.2) is 5.78 Å². The lowest BCUT2D eigenvalue weighted by molar-refractivity contribution is 0.0991. The number of carbonyl (C=O) groups is 1. The lowest BCUT2D eigenvalue weighted by Crippen LogP contribution is -2.44. The van der Waals surface area contributed by atoms with Crippen molar-refractivity contribution in [2.24, 2.45) is 0 Å². The molecule has 4 heterocycles. The van der Waals surface area contributed by atoms with Gasteiger partial charge in [-0.15, -0.1) is 0 Å². The van der Waals surface area contributed by atoms with Crippen LogP contribution in [0.4, 0.5) is 11.6 Å². The molecule has 0 atom stereocenters. The summed E-state index contributed by atoms with van der Waals surface area (Å²) in [4.78, 5) is 26.5. The second kappa shape index (κ2) is 9.52. The number of nitrogens with one attached hydrogen (secondary N) is 1. The van der Waals surface area contributed by atoms with Crippen molar-refractivity contribution >= 4 is 28.3 Å². The van der Waals surface area contributed by atoms with Crippen LogP contribution in [-0.2, 0) is 6.42 Å². The van der Waals surface area contributed by atoms with Gasteiger partial charge in [-0.1, -0.05) is 6.07 Å². The Balaban J connectivity index is 1.35. The number of carbonyl (C=O) groups excluding carboxylic acids is 1. The summed E-state index contributed by atoms with van der Waals surface area (Å²) in [6.45, 7) is 3.80. The Bertz CT molecular complexity index is 1310. The minimum atomic E-state index is 0.00874. The number of hydrogen-bond acceptors (Lipinski definition) is 8. The van der Waals surface area contributed by atoms with Crippen molar-refractivity contribution in [1.29, 1.82) is 0 Å². The molecule has 0 saturated carbocycles. The molecule has 1 aliphatic rings. The zero-order valence-electron chi connectivity index (χ0n) is 19.4. The number of benzene rings is 1. The summed E-state index contributed by atoms with van der Waals surface area (Å²) in [6, 6.07) is 15.6. The van der Waals surface area contributed by atoms with Crippen LogP contribution < -0.4 is 10.2 Å². The number of anilines is 2. The first-order valence-electron chi connectivity index (χ1n) is 11.4. The van der Waals surface area contributed by atoms with Crippen LogP contribution in [0.15, 0.2) is 60.9 Å². The van der Waals surface area contributed by atoms with E-state index in [4.69, 9.17) is 0 Å². The molecule has 0 radical (unpaired) electrons. The molecule has 1 aromatic carbocycles. The summed E-state index contributed by atoms with van der Waals surface area (Å²) in [6.07, 6.45) is 3.75. The Labute approximate surface area is 198 Å². The fourth-order valence-electron chi connectivity index (χ4n) is 4.13. The molecular formula is C26H27N7O. The molecular weight excluding hydrogens is 426 g/mol. The Morgan fingerprint density at radius 2 is 1.76 bits per heavy atom. The molecule has 1 saturated heterocycles. The fourth-order valence-corrected chi connectivity index (χ4v) is 4.13. The Morgan fingerprint density at radius 3 is 2.53 bits per heavy atom. The molecule has 1 aliphatic heterocycles. The van der Waals surface area contributed by atoms with Gasteiger partial charge >= 0.3 is 0 Å². The summed E-state index contributed by atoms with van der Waals surface area (Å²) in [7, 11) is 3.97. The summed E-state index contributed by atoms with van der Waals surface area (Å²) < 4.78 is 0. The quantitative estimate of drug-likeness (QED) is 0.445. The molecule has 0 amide bonds. The van der Waals surface area contributed by atoms with Crippen LogP contribution in [0.5, 0.6) is 0 Å². The van der Waals surface area contributed by atoms with E-state index in [-0.39, 0.29) is 12.2 Å². The first-order chi connectivity index (χ1) is 16.6. The number of piperazine rings is 1. The highest BCUT2D eigenvalue weighted by atomic mass is 16.1. The Hall–Kier alpha value is -3.91. The first-order valence-corrected chi connectivity index (χ1v) is 11.4. The standard InChI is InChI=1S/C26H27N7O/c1-27-25-6-4-20(17-29-25)18-3-5-23-21(13-18)14-22(30-31-23)16-24(34)19-7-8-28-26(15-19)33-11-9-32(2)10-12-33/h3-8,13-15,17H,9-12,16H2,1-2H3,(H,27,29). The highest BCUT2D eigenvalue weighted by molar-refractivity contribution is 5.98. The van der Waals surface area contributed by atoms with Gasteiger partial charge < -0.3 is 15.1 Å². The number of hydrogen-bond donors (Lipinski definition) is 1. The fraction of sp³-hybridized carbons (Fsp3) is 0.269. The minimum Gasteiger partial charge on any atom is -0.373 e. The molecule has 3 aromatic heterocycles. The SMILES string of the molecule is CNc1ccc(-c2ccc3nnc(CC(=O)c4ccnc(N5CCN(C)CC5)c4)cc3c2)cn1. The third-order valence-corrected chi connectivity index (χ3v) is 6.23. The van der Waals surface area contributed by atoms with Crippen molar-refractivity contribution in [2.75, 3.05) is 50.5 Å². The average Bonchev–Trinajstić information content (AvgIpc) is 2.89. The van der Waals surface area contributed by atoms with E-state index in [2.05, 4.69) is 48.4 Å². The second-order valence-electron chi connectivity index (χ2n) is 8.58. The van der Waals surface area contributed by atoms with Crippen molar-refractivity contribution in [3.63, 3.8) is 0 Å². The molecule has 34 heavy (non-hydrogen) atoms. The van der Waals surface area contributed by atoms with Gasteiger partial charge in [0, 0.05) is 62.1 Å². The molecule has 8 nitrogen and oxygen atoms in total. The van der Waals surface area contributed by atoms with E-state index in [0.29, 0.717) is 11.3 Å². The number of ketones is 1. The van der Waals surface area contributed by atoms with Crippen molar-refractivity contribution < 1.29 is 4.79 Å². The van der Waals surface area contributed by atoms with Crippen LogP contribution in [0.1, 0.15) is 16.1 Å². The smallest absolute Gasteiger partial charge is 0.169 e. The number of fused-ring (bicyclic) bond motifs is 1. The van der Waals surface area contributed by atoms with E-state index in [9.17, 15) is 4.79 Å². The van der Waals surface area contributed by atoms with Gasteiger partial charge in [0.25, 0.3) is 0 Å². The predicted octanol–water partition coefficient (Wildman–Crippen LogP) is 3.31. The van der Waals surface area contributed by atoms with Crippen LogP contribution in [0.2, 0.25) is 0 Å². The van der Waals surface area contributed by atoms with Gasteiger partial charge in [-0.05, 0) is 55.1 Å². The van der Waals surface area contributed by atoms with Crippen LogP contribution in [0.25, 0.3) is 22.0 Å². The predicted molar refractivity (Wildman–Crippen MR) is 134 cm³/mol. The highest BCUT2D eigenvalue weighted by Gasteiger charge is 2.17. The number of rotatable bonds is 6. The lowest BCUT2D eigenvalue weighted by Gasteiger charge is -2.33. The lowest BCUT2D eigenvalue weighted by atomic mass is 10.0. The molecule has 4 aromatic rings. The van der Waals surface area contributed by atoms with E-state index < -0.39 is 0 Å². The number of pyridine rings is 2. The van der Waals surface area contributed by atoms with Crippen LogP contribution >= 0.6 is 0 Å². The molecule has 1 fully saturated rings. The third kappa shape index (κ3) is 4.72. The van der Waals surface area contributed by atoms with E-state index >= 15 is 0 Å². The summed E-state index contributed by atoms with van der Waals surface area (Å²) in [5.41, 5.74) is 4.15. The largest absolute Gasteiger partial charge is 0.373 e. The van der Waals surface area contributed by atoms with E-state index in [0.717, 1.165) is 59.8 Å². The number of aromatic nitrogens is 4. The van der Waals surface area contributed by atoms with Crippen molar-refractivity contribution in [3.8, 4) is 11.1 Å². The zero-order chi connectivity index (χ0) is 23.5. The van der Waals surface area contributed by atoms with E-state index in [1.807, 2.05) is 49.6 Å². The van der Waals surface area contributed by atoms with E-state index in [1.54, 1.807) is 12.3 Å². The summed E-state index contributed by atoms with van der Waals surface area (Å²) in [5.74, 6) is 1.68. The van der Waals surface area contributed by atoms with Gasteiger partial charge in [-0.25, -0.2) is 9.97 Å². The Morgan fingerprint density at radius 1 is 0.941 bits per heavy atom. The minimum absolute atomic E-state index is 0.00874. The van der Waals surface area contributed by atoms with Crippen LogP contribution in [-0.4, -0.2) is 71.1 Å². The molecule has 0 aliphatic carbocycles. The maximum absolute atomic E-state index is 13.0. The number of Topliss-reactive ketones (excluding diaryl/α,β-unsaturated/α-hetero) is 1. The van der Waals surface area contributed by atoms with Crippen molar-refractivity contribution in [1.82, 2.24) is 25.1 Å². The van der Waals surface area contributed by atoms with Crippen LogP contribution in [0, 0.1) is 0 Å². The maximum atomic E-state index is 13.0. The molecule has 5 rings (SSSR count). The Kier molecular flexibility index (Phi) is 6.14. The normalized spacial score (nSPS) is 14.4. The van der Waals surface area contributed by atoms with Gasteiger partial charge in [-0.2, -0.15) is 10.2 Å². The number of nitrogens with zero attached hydrogens (tertiary/aromatic N) is 6. The zero-order valence-corrected chi connectivity index (χ0v) is 19.4. The van der Waals surface area contributed by atoms with Gasteiger partial charge in [-0.3, -0.25) is 4.79 Å². The highest BCUT2D eigenvalue weighted by Crippen LogP contribution is 2.24. The molecule has 8 heteroatoms. The topological polar surface area (TPSA) is 87.1 Å². The van der Waals surface area contributed by atoms with Gasteiger partial charge in [0.2, 0.25) is 0 Å². The third-order valence-electron chi connectivity index (χ3n) is 6.23. The maximum Gasteiger partial charge on any atom is 0.169 e. The van der Waals surface area contributed by atoms with Crippen molar-refractivity contribution in [3.05, 3.63) is 72.2 Å². The second-order valence-corrected chi connectivity index (χ2v) is 8.58.